The van der Waals surface area contributed by atoms with E-state index in [4.69, 9.17) is 21.6 Å². The van der Waals surface area contributed by atoms with Crippen molar-refractivity contribution in [1.29, 1.82) is 5.26 Å². The Morgan fingerprint density at radius 2 is 2.15 bits per heavy atom. The van der Waals surface area contributed by atoms with E-state index in [0.717, 1.165) is 31.5 Å². The third-order valence-corrected chi connectivity index (χ3v) is 3.38. The fourth-order valence-electron chi connectivity index (χ4n) is 1.79. The van der Waals surface area contributed by atoms with Gasteiger partial charge in [0.2, 0.25) is 0 Å². The molecule has 0 radical (unpaired) electrons. The zero-order chi connectivity index (χ0) is 15.0. The van der Waals surface area contributed by atoms with Crippen LogP contribution < -0.4 is 10.1 Å². The van der Waals surface area contributed by atoms with Gasteiger partial charge in [0.1, 0.15) is 5.75 Å². The van der Waals surface area contributed by atoms with E-state index in [1.54, 1.807) is 0 Å². The van der Waals surface area contributed by atoms with Crippen LogP contribution in [0.2, 0.25) is 5.02 Å². The zero-order valence-corrected chi connectivity index (χ0v) is 13.3. The van der Waals surface area contributed by atoms with Gasteiger partial charge in [0.05, 0.1) is 23.1 Å². The third kappa shape index (κ3) is 5.81. The Morgan fingerprint density at radius 3 is 2.75 bits per heavy atom. The maximum atomic E-state index is 8.94. The predicted octanol–water partition coefficient (Wildman–Crippen LogP) is 4.16. The molecule has 0 heterocycles. The second-order valence-corrected chi connectivity index (χ2v) is 5.90. The van der Waals surface area contributed by atoms with Crippen molar-refractivity contribution in [2.75, 3.05) is 13.2 Å². The van der Waals surface area contributed by atoms with Gasteiger partial charge >= 0.3 is 0 Å². The van der Waals surface area contributed by atoms with Crippen molar-refractivity contribution in [2.24, 2.45) is 5.41 Å². The Bertz CT molecular complexity index is 466. The lowest BCUT2D eigenvalue weighted by Crippen LogP contribution is -2.12. The van der Waals surface area contributed by atoms with Gasteiger partial charge in [0.15, 0.2) is 0 Å². The van der Waals surface area contributed by atoms with Gasteiger partial charge < -0.3 is 10.1 Å². The average molecular weight is 295 g/mol. The monoisotopic (exact) mass is 294 g/mol. The SMILES string of the molecule is CCNCc1ccc(OCCCC(C)(C)C#N)c(Cl)c1. The minimum absolute atomic E-state index is 0.289. The molecule has 0 bridgehead atoms. The molecule has 0 aromatic heterocycles. The highest BCUT2D eigenvalue weighted by atomic mass is 35.5. The normalized spacial score (nSPS) is 11.2. The summed E-state index contributed by atoms with van der Waals surface area (Å²) in [6, 6.07) is 8.14. The summed E-state index contributed by atoms with van der Waals surface area (Å²) in [4.78, 5) is 0. The summed E-state index contributed by atoms with van der Waals surface area (Å²) >= 11 is 6.20. The summed E-state index contributed by atoms with van der Waals surface area (Å²) in [5.74, 6) is 0.710. The molecule has 3 nitrogen and oxygen atoms in total. The smallest absolute Gasteiger partial charge is 0.137 e. The molecule has 0 aliphatic heterocycles. The van der Waals surface area contributed by atoms with E-state index >= 15 is 0 Å². The summed E-state index contributed by atoms with van der Waals surface area (Å²) in [6.45, 7) is 8.28. The summed E-state index contributed by atoms with van der Waals surface area (Å²) in [5, 5.41) is 12.8. The molecule has 0 saturated carbocycles. The lowest BCUT2D eigenvalue weighted by atomic mass is 9.90. The van der Waals surface area contributed by atoms with Gasteiger partial charge in [0, 0.05) is 6.54 Å². The lowest BCUT2D eigenvalue weighted by molar-refractivity contribution is 0.284. The largest absolute Gasteiger partial charge is 0.492 e. The number of ether oxygens (including phenoxy) is 1. The highest BCUT2D eigenvalue weighted by Gasteiger charge is 2.15. The van der Waals surface area contributed by atoms with Crippen molar-refractivity contribution in [3.8, 4) is 11.8 Å². The third-order valence-electron chi connectivity index (χ3n) is 3.08. The van der Waals surface area contributed by atoms with E-state index in [0.29, 0.717) is 17.4 Å². The molecule has 4 heteroatoms. The molecule has 0 aliphatic carbocycles. The first kappa shape index (κ1) is 16.8. The van der Waals surface area contributed by atoms with E-state index in [9.17, 15) is 0 Å². The molecule has 1 aromatic rings. The van der Waals surface area contributed by atoms with Crippen LogP contribution in [-0.4, -0.2) is 13.2 Å². The summed E-state index contributed by atoms with van der Waals surface area (Å²) in [6.07, 6.45) is 1.66. The fourth-order valence-corrected chi connectivity index (χ4v) is 2.05. The lowest BCUT2D eigenvalue weighted by Gasteiger charge is -2.15. The zero-order valence-electron chi connectivity index (χ0n) is 12.5. The molecule has 1 rings (SSSR count). The second-order valence-electron chi connectivity index (χ2n) is 5.49. The topological polar surface area (TPSA) is 45.0 Å². The van der Waals surface area contributed by atoms with Gasteiger partial charge in [-0.15, -0.1) is 0 Å². The molecule has 0 unspecified atom stereocenters. The van der Waals surface area contributed by atoms with Gasteiger partial charge in [-0.3, -0.25) is 0 Å². The Kier molecular flexibility index (Phi) is 6.84. The molecule has 0 atom stereocenters. The molecule has 0 spiro atoms. The maximum absolute atomic E-state index is 8.94. The maximum Gasteiger partial charge on any atom is 0.137 e. The van der Waals surface area contributed by atoms with E-state index in [1.165, 1.54) is 0 Å². The van der Waals surface area contributed by atoms with Crippen molar-refractivity contribution >= 4 is 11.6 Å². The molecule has 0 aliphatic rings. The number of nitriles is 1. The van der Waals surface area contributed by atoms with Crippen LogP contribution in [0.5, 0.6) is 5.75 Å². The Morgan fingerprint density at radius 1 is 1.40 bits per heavy atom. The van der Waals surface area contributed by atoms with Gasteiger partial charge in [0.25, 0.3) is 0 Å². The molecule has 1 N–H and O–H groups in total. The van der Waals surface area contributed by atoms with E-state index in [-0.39, 0.29) is 5.41 Å². The number of nitrogens with one attached hydrogen (secondary N) is 1. The van der Waals surface area contributed by atoms with E-state index in [1.807, 2.05) is 32.0 Å². The average Bonchev–Trinajstić information content (AvgIpc) is 2.43. The van der Waals surface area contributed by atoms with Crippen molar-refractivity contribution in [2.45, 2.75) is 40.2 Å². The fraction of sp³-hybridized carbons (Fsp3) is 0.562. The van der Waals surface area contributed by atoms with Crippen molar-refractivity contribution < 1.29 is 4.74 Å². The highest BCUT2D eigenvalue weighted by Crippen LogP contribution is 2.26. The van der Waals surface area contributed by atoms with Crippen LogP contribution >= 0.6 is 11.6 Å². The number of nitrogens with zero attached hydrogens (tertiary/aromatic N) is 1. The Balaban J connectivity index is 2.43. The van der Waals surface area contributed by atoms with Crippen LogP contribution in [0.3, 0.4) is 0 Å². The first-order valence-electron chi connectivity index (χ1n) is 7.01. The van der Waals surface area contributed by atoms with Gasteiger partial charge in [-0.05, 0) is 50.9 Å². The Hall–Kier alpha value is -1.24. The highest BCUT2D eigenvalue weighted by molar-refractivity contribution is 6.32. The number of hydrogen-bond donors (Lipinski definition) is 1. The second kappa shape index (κ2) is 8.14. The van der Waals surface area contributed by atoms with Crippen molar-refractivity contribution in [3.05, 3.63) is 28.8 Å². The minimum Gasteiger partial charge on any atom is -0.492 e. The molecule has 0 saturated heterocycles. The van der Waals surface area contributed by atoms with Crippen LogP contribution in [0.25, 0.3) is 0 Å². The summed E-state index contributed by atoms with van der Waals surface area (Å²) in [5.41, 5.74) is 0.859. The van der Waals surface area contributed by atoms with Crippen LogP contribution in [0, 0.1) is 16.7 Å². The summed E-state index contributed by atoms with van der Waals surface area (Å²) < 4.78 is 5.67. The van der Waals surface area contributed by atoms with Gasteiger partial charge in [-0.25, -0.2) is 0 Å². The number of benzene rings is 1. The van der Waals surface area contributed by atoms with Crippen molar-refractivity contribution in [3.63, 3.8) is 0 Å². The predicted molar refractivity (Wildman–Crippen MR) is 83.0 cm³/mol. The summed E-state index contributed by atoms with van der Waals surface area (Å²) in [7, 11) is 0. The van der Waals surface area contributed by atoms with Crippen LogP contribution in [0.1, 0.15) is 39.2 Å². The quantitative estimate of drug-likeness (QED) is 0.732. The van der Waals surface area contributed by atoms with Gasteiger partial charge in [-0.1, -0.05) is 24.6 Å². The molecule has 20 heavy (non-hydrogen) atoms. The molecule has 0 amide bonds. The van der Waals surface area contributed by atoms with E-state index in [2.05, 4.69) is 18.3 Å². The minimum atomic E-state index is -0.289. The number of hydrogen-bond acceptors (Lipinski definition) is 3. The first-order valence-corrected chi connectivity index (χ1v) is 7.39. The first-order chi connectivity index (χ1) is 9.48. The molecule has 1 aromatic carbocycles. The Labute approximate surface area is 126 Å². The molecule has 110 valence electrons. The molecular formula is C16H23ClN2O. The molecule has 0 fully saturated rings. The molecular weight excluding hydrogens is 272 g/mol. The number of halogens is 1. The van der Waals surface area contributed by atoms with Crippen LogP contribution in [0.4, 0.5) is 0 Å². The van der Waals surface area contributed by atoms with Crippen LogP contribution in [0.15, 0.2) is 18.2 Å². The standard InChI is InChI=1S/C16H23ClN2O/c1-4-19-11-13-6-7-15(14(17)10-13)20-9-5-8-16(2,3)12-18/h6-7,10,19H,4-5,8-9,11H2,1-3H3. The van der Waals surface area contributed by atoms with Gasteiger partial charge in [-0.2, -0.15) is 5.26 Å². The van der Waals surface area contributed by atoms with Crippen LogP contribution in [-0.2, 0) is 6.54 Å². The van der Waals surface area contributed by atoms with Crippen molar-refractivity contribution in [1.82, 2.24) is 5.32 Å². The number of rotatable bonds is 8. The van der Waals surface area contributed by atoms with E-state index < -0.39 is 0 Å².